The molecule has 0 aliphatic carbocycles. The number of nitrogens with zero attached hydrogens (tertiary/aromatic N) is 2. The van der Waals surface area contributed by atoms with E-state index in [9.17, 15) is 10.1 Å². The van der Waals surface area contributed by atoms with Crippen LogP contribution < -0.4 is 5.32 Å². The number of carbonyl (C=O) groups excluding carboxylic acids is 1. The molecule has 3 aromatic carbocycles. The number of halogens is 1. The highest BCUT2D eigenvalue weighted by Gasteiger charge is 2.17. The van der Waals surface area contributed by atoms with Gasteiger partial charge in [-0.15, -0.1) is 0 Å². The summed E-state index contributed by atoms with van der Waals surface area (Å²) in [6.45, 7) is 4.60. The molecule has 0 saturated carbocycles. The quantitative estimate of drug-likeness (QED) is 0.285. The summed E-state index contributed by atoms with van der Waals surface area (Å²) in [5.74, 6) is -0.461. The molecule has 0 aliphatic rings. The molecule has 4 rings (SSSR count). The average Bonchev–Trinajstić information content (AvgIpc) is 3.06. The lowest BCUT2D eigenvalue weighted by Crippen LogP contribution is -2.14. The van der Waals surface area contributed by atoms with Crippen LogP contribution in [-0.4, -0.2) is 10.5 Å². The molecule has 1 aromatic heterocycles. The smallest absolute Gasteiger partial charge is 0.266 e. The summed E-state index contributed by atoms with van der Waals surface area (Å²) in [6, 6.07) is 25.6. The van der Waals surface area contributed by atoms with E-state index >= 15 is 0 Å². The Morgan fingerprint density at radius 3 is 2.53 bits per heavy atom. The third-order valence-corrected chi connectivity index (χ3v) is 5.80. The van der Waals surface area contributed by atoms with Gasteiger partial charge in [0.1, 0.15) is 11.6 Å². The molecule has 0 spiro atoms. The Bertz CT molecular complexity index is 1380. The van der Waals surface area contributed by atoms with E-state index in [4.69, 9.17) is 11.6 Å². The fourth-order valence-electron chi connectivity index (χ4n) is 3.82. The first kappa shape index (κ1) is 21.4. The van der Waals surface area contributed by atoms with Crippen LogP contribution in [-0.2, 0) is 11.3 Å². The van der Waals surface area contributed by atoms with Crippen molar-refractivity contribution in [2.45, 2.75) is 20.4 Å². The van der Waals surface area contributed by atoms with E-state index in [0.29, 0.717) is 17.3 Å². The monoisotopic (exact) mass is 439 g/mol. The summed E-state index contributed by atoms with van der Waals surface area (Å²) in [5, 5.41) is 14.1. The number of carbonyl (C=O) groups is 1. The molecule has 1 heterocycles. The van der Waals surface area contributed by atoms with E-state index in [1.807, 2.05) is 56.3 Å². The topological polar surface area (TPSA) is 57.8 Å². The maximum Gasteiger partial charge on any atom is 0.266 e. The van der Waals surface area contributed by atoms with Gasteiger partial charge in [0.2, 0.25) is 0 Å². The number of hydrogen-bond donors (Lipinski definition) is 1. The first-order chi connectivity index (χ1) is 15.5. The van der Waals surface area contributed by atoms with Crippen molar-refractivity contribution < 1.29 is 4.79 Å². The molecular formula is C27H22ClN3O. The minimum Gasteiger partial charge on any atom is -0.340 e. The summed E-state index contributed by atoms with van der Waals surface area (Å²) in [4.78, 5) is 12.9. The van der Waals surface area contributed by atoms with E-state index in [0.717, 1.165) is 27.7 Å². The molecule has 158 valence electrons. The largest absolute Gasteiger partial charge is 0.340 e. The second-order valence-electron chi connectivity index (χ2n) is 7.67. The molecule has 1 amide bonds. The van der Waals surface area contributed by atoms with Crippen LogP contribution in [0.25, 0.3) is 17.0 Å². The Morgan fingerprint density at radius 2 is 1.78 bits per heavy atom. The molecule has 0 bridgehead atoms. The number of nitriles is 1. The molecule has 0 fully saturated rings. The molecular weight excluding hydrogens is 418 g/mol. The van der Waals surface area contributed by atoms with Gasteiger partial charge in [-0.25, -0.2) is 0 Å². The second-order valence-corrected chi connectivity index (χ2v) is 8.11. The van der Waals surface area contributed by atoms with Gasteiger partial charge in [-0.3, -0.25) is 4.79 Å². The van der Waals surface area contributed by atoms with Gasteiger partial charge in [-0.2, -0.15) is 5.26 Å². The predicted molar refractivity (Wildman–Crippen MR) is 131 cm³/mol. The molecule has 4 aromatic rings. The highest BCUT2D eigenvalue weighted by atomic mass is 35.5. The third-order valence-electron chi connectivity index (χ3n) is 5.56. The van der Waals surface area contributed by atoms with Crippen molar-refractivity contribution in [3.05, 3.63) is 106 Å². The summed E-state index contributed by atoms with van der Waals surface area (Å²) in [7, 11) is 0. The average molecular weight is 440 g/mol. The number of aromatic nitrogens is 1. The zero-order chi connectivity index (χ0) is 22.7. The van der Waals surface area contributed by atoms with Crippen LogP contribution in [0.15, 0.2) is 78.4 Å². The molecule has 0 aliphatic heterocycles. The molecule has 1 N–H and O–H groups in total. The van der Waals surface area contributed by atoms with Gasteiger partial charge >= 0.3 is 0 Å². The van der Waals surface area contributed by atoms with Gasteiger partial charge in [0.25, 0.3) is 5.91 Å². The van der Waals surface area contributed by atoms with Crippen LogP contribution in [0.1, 0.15) is 22.4 Å². The van der Waals surface area contributed by atoms with Crippen LogP contribution >= 0.6 is 11.6 Å². The number of aryl methyl sites for hydroxylation is 1. The molecule has 0 atom stereocenters. The fraction of sp³-hybridized carbons (Fsp3) is 0.111. The maximum absolute atomic E-state index is 12.9. The van der Waals surface area contributed by atoms with Gasteiger partial charge in [-0.1, -0.05) is 66.2 Å². The number of amides is 1. The van der Waals surface area contributed by atoms with Crippen molar-refractivity contribution in [1.29, 1.82) is 5.26 Å². The minimum atomic E-state index is -0.461. The van der Waals surface area contributed by atoms with Crippen molar-refractivity contribution in [2.75, 3.05) is 5.32 Å². The van der Waals surface area contributed by atoms with Gasteiger partial charge < -0.3 is 9.88 Å². The van der Waals surface area contributed by atoms with Gasteiger partial charge in [0.15, 0.2) is 0 Å². The fourth-order valence-corrected chi connectivity index (χ4v) is 3.99. The maximum atomic E-state index is 12.9. The van der Waals surface area contributed by atoms with Crippen molar-refractivity contribution in [1.82, 2.24) is 4.57 Å². The Hall–Kier alpha value is -3.81. The number of anilines is 1. The van der Waals surface area contributed by atoms with Crippen LogP contribution in [0, 0.1) is 25.2 Å². The lowest BCUT2D eigenvalue weighted by Gasteiger charge is -2.09. The van der Waals surface area contributed by atoms with Gasteiger partial charge in [-0.05, 0) is 49.2 Å². The molecule has 32 heavy (non-hydrogen) atoms. The number of benzene rings is 3. The first-order valence-electron chi connectivity index (χ1n) is 10.3. The summed E-state index contributed by atoms with van der Waals surface area (Å²) >= 11 is 6.07. The van der Waals surface area contributed by atoms with E-state index in [1.54, 1.807) is 18.2 Å². The molecule has 0 saturated heterocycles. The summed E-state index contributed by atoms with van der Waals surface area (Å²) in [6.07, 6.45) is 1.67. The highest BCUT2D eigenvalue weighted by Crippen LogP contribution is 2.29. The Kier molecular flexibility index (Phi) is 6.11. The lowest BCUT2D eigenvalue weighted by atomic mass is 10.1. The molecule has 0 unspecified atom stereocenters. The van der Waals surface area contributed by atoms with Crippen molar-refractivity contribution in [2.24, 2.45) is 0 Å². The zero-order valence-electron chi connectivity index (χ0n) is 17.9. The summed E-state index contributed by atoms with van der Waals surface area (Å²) < 4.78 is 2.21. The lowest BCUT2D eigenvalue weighted by molar-refractivity contribution is -0.112. The number of fused-ring (bicyclic) bond motifs is 1. The van der Waals surface area contributed by atoms with E-state index in [2.05, 4.69) is 34.2 Å². The zero-order valence-corrected chi connectivity index (χ0v) is 18.6. The number of rotatable bonds is 5. The van der Waals surface area contributed by atoms with Gasteiger partial charge in [0, 0.05) is 39.4 Å². The normalized spacial score (nSPS) is 11.4. The standard InChI is InChI=1S/C27H22ClN3O/c1-18-12-13-22(28)15-25(18)30-27(32)21(16-29)14-24-19(2)31(17-20-8-4-3-5-9-20)26-11-7-6-10-23(24)26/h3-15H,17H2,1-2H3,(H,30,32)/b21-14-. The van der Waals surface area contributed by atoms with Crippen LogP contribution in [0.3, 0.4) is 0 Å². The van der Waals surface area contributed by atoms with E-state index in [1.165, 1.54) is 5.56 Å². The van der Waals surface area contributed by atoms with E-state index in [-0.39, 0.29) is 5.57 Å². The van der Waals surface area contributed by atoms with Gasteiger partial charge in [0.05, 0.1) is 0 Å². The SMILES string of the molecule is Cc1ccc(Cl)cc1NC(=O)/C(C#N)=C\c1c(C)n(Cc2ccccc2)c2ccccc12. The minimum absolute atomic E-state index is 0.0371. The number of nitrogens with one attached hydrogen (secondary N) is 1. The second kappa shape index (κ2) is 9.13. The van der Waals surface area contributed by atoms with Crippen LogP contribution in [0.4, 0.5) is 5.69 Å². The summed E-state index contributed by atoms with van der Waals surface area (Å²) in [5.41, 5.74) is 5.60. The highest BCUT2D eigenvalue weighted by molar-refractivity contribution is 6.31. The van der Waals surface area contributed by atoms with Crippen molar-refractivity contribution >= 4 is 40.2 Å². The molecule has 0 radical (unpaired) electrons. The first-order valence-corrected chi connectivity index (χ1v) is 10.7. The molecule has 5 heteroatoms. The van der Waals surface area contributed by atoms with E-state index < -0.39 is 5.91 Å². The number of para-hydroxylation sites is 1. The Labute approximate surface area is 192 Å². The molecule has 4 nitrogen and oxygen atoms in total. The Balaban J connectivity index is 1.75. The predicted octanol–water partition coefficient (Wildman–Crippen LogP) is 6.51. The van der Waals surface area contributed by atoms with Crippen molar-refractivity contribution in [3.63, 3.8) is 0 Å². The third kappa shape index (κ3) is 4.30. The van der Waals surface area contributed by atoms with Crippen molar-refractivity contribution in [3.8, 4) is 6.07 Å². The van der Waals surface area contributed by atoms with Crippen LogP contribution in [0.5, 0.6) is 0 Å². The Morgan fingerprint density at radius 1 is 1.06 bits per heavy atom. The number of hydrogen-bond acceptors (Lipinski definition) is 2. The van der Waals surface area contributed by atoms with Crippen LogP contribution in [0.2, 0.25) is 5.02 Å².